The van der Waals surface area contributed by atoms with Crippen molar-refractivity contribution in [1.29, 1.82) is 0 Å². The zero-order valence-corrected chi connectivity index (χ0v) is 32.9. The molecule has 0 radical (unpaired) electrons. The van der Waals surface area contributed by atoms with Crippen LogP contribution in [0.1, 0.15) is 142 Å². The van der Waals surface area contributed by atoms with Gasteiger partial charge in [0, 0.05) is 0 Å². The van der Waals surface area contributed by atoms with E-state index in [1.165, 1.54) is 77.0 Å². The summed E-state index contributed by atoms with van der Waals surface area (Å²) < 4.78 is 22.9. The lowest BCUT2D eigenvalue weighted by Gasteiger charge is -2.10. The predicted molar refractivity (Wildman–Crippen MR) is 221 cm³/mol. The molecule has 0 fully saturated rings. The third-order valence-electron chi connectivity index (χ3n) is 9.16. The summed E-state index contributed by atoms with van der Waals surface area (Å²) in [5.74, 6) is 1.07. The van der Waals surface area contributed by atoms with Crippen molar-refractivity contribution in [2.24, 2.45) is 0 Å². The minimum Gasteiger partial charge on any atom is -0.494 e. The number of halogens is 1. The van der Waals surface area contributed by atoms with E-state index in [1.54, 1.807) is 54.6 Å². The summed E-state index contributed by atoms with van der Waals surface area (Å²) in [5, 5.41) is 0.359. The Bertz CT molecular complexity index is 1710. The number of hydrogen-bond acceptors (Lipinski definition) is 6. The number of ether oxygens (including phenoxy) is 4. The predicted octanol–water partition coefficient (Wildman–Crippen LogP) is 13.6. The molecule has 0 atom stereocenters. The van der Waals surface area contributed by atoms with E-state index in [2.05, 4.69) is 13.8 Å². The van der Waals surface area contributed by atoms with Crippen LogP contribution in [0.5, 0.6) is 23.0 Å². The van der Waals surface area contributed by atoms with Crippen molar-refractivity contribution in [2.45, 2.75) is 110 Å². The Kier molecular flexibility index (Phi) is 19.3. The van der Waals surface area contributed by atoms with Crippen LogP contribution in [-0.4, -0.2) is 25.2 Å². The summed E-state index contributed by atoms with van der Waals surface area (Å²) in [5.41, 5.74) is 2.65. The molecule has 0 amide bonds. The summed E-state index contributed by atoms with van der Waals surface area (Å²) in [6, 6.07) is 26.5. The summed E-state index contributed by atoms with van der Waals surface area (Å²) in [4.78, 5) is 25.6. The molecule has 6 nitrogen and oxygen atoms in total. The lowest BCUT2D eigenvalue weighted by molar-refractivity contribution is 0.0730. The molecule has 0 heterocycles. The second kappa shape index (κ2) is 24.7. The number of esters is 2. The highest BCUT2D eigenvalue weighted by Crippen LogP contribution is 2.27. The number of hydrogen-bond donors (Lipinski definition) is 0. The van der Waals surface area contributed by atoms with Gasteiger partial charge in [0.25, 0.3) is 0 Å². The van der Waals surface area contributed by atoms with Gasteiger partial charge >= 0.3 is 11.9 Å². The maximum absolute atomic E-state index is 12.8. The van der Waals surface area contributed by atoms with Gasteiger partial charge in [-0.15, -0.1) is 0 Å². The minimum absolute atomic E-state index is 0.296. The number of benzene rings is 4. The van der Waals surface area contributed by atoms with Gasteiger partial charge in [-0.25, -0.2) is 9.59 Å². The highest BCUT2D eigenvalue weighted by molar-refractivity contribution is 6.32. The Balaban J connectivity index is 1.16. The van der Waals surface area contributed by atoms with E-state index in [0.29, 0.717) is 40.0 Å². The standard InChI is InChI=1S/C47H57ClO6/c1-3-5-7-9-10-11-12-13-15-17-34-52-45-32-27-40(36-44(45)48)47(50)54-42-30-25-39(26-31-42)46(49)53-41-28-23-37(24-29-41)21-22-38-19-18-20-43(35-38)51-33-16-14-8-6-4-2/h18-32,35-36H,3-17,33-34H2,1-2H3/b22-21+. The molecule has 0 aliphatic carbocycles. The SMILES string of the molecule is CCCCCCCCCCCCOc1ccc(C(=O)Oc2ccc(C(=O)Oc3ccc(/C=C/c4cccc(OCCCCCCC)c4)cc3)cc2)cc1Cl. The van der Waals surface area contributed by atoms with Crippen LogP contribution < -0.4 is 18.9 Å². The van der Waals surface area contributed by atoms with E-state index in [0.717, 1.165) is 42.7 Å². The highest BCUT2D eigenvalue weighted by Gasteiger charge is 2.14. The third kappa shape index (κ3) is 15.8. The van der Waals surface area contributed by atoms with Gasteiger partial charge in [0.1, 0.15) is 23.0 Å². The second-order valence-electron chi connectivity index (χ2n) is 13.7. The lowest BCUT2D eigenvalue weighted by Crippen LogP contribution is -2.10. The van der Waals surface area contributed by atoms with Crippen LogP contribution in [-0.2, 0) is 0 Å². The Morgan fingerprint density at radius 3 is 1.59 bits per heavy atom. The lowest BCUT2D eigenvalue weighted by atomic mass is 10.1. The van der Waals surface area contributed by atoms with Crippen molar-refractivity contribution in [3.63, 3.8) is 0 Å². The topological polar surface area (TPSA) is 71.1 Å². The molecule has 288 valence electrons. The minimum atomic E-state index is -0.559. The van der Waals surface area contributed by atoms with E-state index in [-0.39, 0.29) is 0 Å². The first-order valence-corrected chi connectivity index (χ1v) is 20.3. The first-order chi connectivity index (χ1) is 26.4. The summed E-state index contributed by atoms with van der Waals surface area (Å²) in [6.45, 7) is 5.78. The molecule has 0 aliphatic rings. The molecule has 0 aromatic heterocycles. The molecule has 4 aromatic rings. The van der Waals surface area contributed by atoms with Crippen molar-refractivity contribution in [3.05, 3.63) is 118 Å². The monoisotopic (exact) mass is 752 g/mol. The average Bonchev–Trinajstić information content (AvgIpc) is 3.19. The van der Waals surface area contributed by atoms with Crippen molar-refractivity contribution >= 4 is 35.7 Å². The molecule has 7 heteroatoms. The zero-order valence-electron chi connectivity index (χ0n) is 32.2. The highest BCUT2D eigenvalue weighted by atomic mass is 35.5. The van der Waals surface area contributed by atoms with Crippen LogP contribution in [0.3, 0.4) is 0 Å². The van der Waals surface area contributed by atoms with Gasteiger partial charge in [-0.1, -0.05) is 145 Å². The van der Waals surface area contributed by atoms with E-state index >= 15 is 0 Å². The molecule has 4 rings (SSSR count). The van der Waals surface area contributed by atoms with Crippen molar-refractivity contribution in [3.8, 4) is 23.0 Å². The molecular weight excluding hydrogens is 696 g/mol. The molecular formula is C47H57ClO6. The average molecular weight is 753 g/mol. The third-order valence-corrected chi connectivity index (χ3v) is 9.45. The second-order valence-corrected chi connectivity index (χ2v) is 14.1. The van der Waals surface area contributed by atoms with Crippen LogP contribution in [0.4, 0.5) is 0 Å². The van der Waals surface area contributed by atoms with Crippen LogP contribution in [0.15, 0.2) is 91.0 Å². The number of unbranched alkanes of at least 4 members (excludes halogenated alkanes) is 13. The molecule has 0 unspecified atom stereocenters. The normalized spacial score (nSPS) is 11.1. The Hall–Kier alpha value is -4.55. The maximum atomic E-state index is 12.8. The summed E-state index contributed by atoms with van der Waals surface area (Å²) in [6.07, 6.45) is 22.7. The molecule has 0 aliphatic heterocycles. The largest absolute Gasteiger partial charge is 0.494 e. The number of carbonyl (C=O) groups excluding carboxylic acids is 2. The van der Waals surface area contributed by atoms with Crippen molar-refractivity contribution < 1.29 is 28.5 Å². The van der Waals surface area contributed by atoms with Crippen LogP contribution >= 0.6 is 11.6 Å². The molecule has 0 bridgehead atoms. The van der Waals surface area contributed by atoms with E-state index in [9.17, 15) is 9.59 Å². The Morgan fingerprint density at radius 1 is 0.500 bits per heavy atom. The fourth-order valence-corrected chi connectivity index (χ4v) is 6.19. The van der Waals surface area contributed by atoms with Gasteiger partial charge in [0.15, 0.2) is 0 Å². The molecule has 0 saturated carbocycles. The fraction of sp³-hybridized carbons (Fsp3) is 0.404. The van der Waals surface area contributed by atoms with Crippen LogP contribution in [0.2, 0.25) is 5.02 Å². The first-order valence-electron chi connectivity index (χ1n) is 19.9. The molecule has 0 saturated heterocycles. The molecule has 0 spiro atoms. The summed E-state index contributed by atoms with van der Waals surface area (Å²) >= 11 is 6.42. The summed E-state index contributed by atoms with van der Waals surface area (Å²) in [7, 11) is 0. The van der Waals surface area contributed by atoms with Crippen LogP contribution in [0, 0.1) is 0 Å². The smallest absolute Gasteiger partial charge is 0.343 e. The van der Waals surface area contributed by atoms with Gasteiger partial charge in [-0.05, 0) is 90.7 Å². The van der Waals surface area contributed by atoms with Gasteiger partial charge in [0.2, 0.25) is 0 Å². The van der Waals surface area contributed by atoms with Gasteiger partial charge in [-0.2, -0.15) is 0 Å². The Morgan fingerprint density at radius 2 is 1.00 bits per heavy atom. The van der Waals surface area contributed by atoms with E-state index in [4.69, 9.17) is 30.5 Å². The fourth-order valence-electron chi connectivity index (χ4n) is 5.95. The van der Waals surface area contributed by atoms with Crippen molar-refractivity contribution in [1.82, 2.24) is 0 Å². The van der Waals surface area contributed by atoms with Crippen molar-refractivity contribution in [2.75, 3.05) is 13.2 Å². The first kappa shape index (κ1) is 42.2. The van der Waals surface area contributed by atoms with E-state index in [1.807, 2.05) is 48.6 Å². The zero-order chi connectivity index (χ0) is 38.2. The number of rotatable bonds is 25. The molecule has 0 N–H and O–H groups in total. The van der Waals surface area contributed by atoms with E-state index < -0.39 is 11.9 Å². The van der Waals surface area contributed by atoms with Crippen LogP contribution in [0.25, 0.3) is 12.2 Å². The maximum Gasteiger partial charge on any atom is 0.343 e. The van der Waals surface area contributed by atoms with Gasteiger partial charge in [-0.3, -0.25) is 0 Å². The quantitative estimate of drug-likeness (QED) is 0.0290. The molecule has 54 heavy (non-hydrogen) atoms. The van der Waals surface area contributed by atoms with Gasteiger partial charge < -0.3 is 18.9 Å². The Labute approximate surface area is 327 Å². The number of carbonyl (C=O) groups is 2. The molecule has 4 aromatic carbocycles. The van der Waals surface area contributed by atoms with Gasteiger partial charge in [0.05, 0.1) is 29.4 Å².